The number of Topliss-reactive ketones (excluding diaryl/α,β-unsaturated/α-hetero) is 1. The smallest absolute Gasteiger partial charge is 0.284 e. The van der Waals surface area contributed by atoms with Crippen molar-refractivity contribution in [1.29, 1.82) is 0 Å². The summed E-state index contributed by atoms with van der Waals surface area (Å²) in [5.41, 5.74) is 1.62. The average Bonchev–Trinajstić information content (AvgIpc) is 3.65. The van der Waals surface area contributed by atoms with Gasteiger partial charge in [0.25, 0.3) is 24.1 Å². The third kappa shape index (κ3) is 9.84. The second kappa shape index (κ2) is 18.9. The average molecular weight is 862 g/mol. The molecule has 326 valence electrons. The first-order valence-electron chi connectivity index (χ1n) is 21.1. The van der Waals surface area contributed by atoms with Crippen molar-refractivity contribution in [3.8, 4) is 17.1 Å². The predicted molar refractivity (Wildman–Crippen MR) is 226 cm³/mol. The Morgan fingerprint density at radius 1 is 0.889 bits per heavy atom. The number of pyridine rings is 1. The van der Waals surface area contributed by atoms with Gasteiger partial charge < -0.3 is 20.4 Å². The molecule has 0 spiro atoms. The van der Waals surface area contributed by atoms with E-state index in [9.17, 15) is 37.5 Å². The Morgan fingerprint density at radius 3 is 2.40 bits per heavy atom. The van der Waals surface area contributed by atoms with Crippen LogP contribution in [0.3, 0.4) is 0 Å². The lowest BCUT2D eigenvalue weighted by Crippen LogP contribution is -2.54. The molecule has 5 aromatic rings. The van der Waals surface area contributed by atoms with E-state index in [2.05, 4.69) is 36.3 Å². The van der Waals surface area contributed by atoms with Gasteiger partial charge in [-0.1, -0.05) is 38.2 Å². The van der Waals surface area contributed by atoms with Gasteiger partial charge in [0, 0.05) is 48.4 Å². The summed E-state index contributed by atoms with van der Waals surface area (Å²) in [6.45, 7) is 0.590. The van der Waals surface area contributed by atoms with Crippen LogP contribution >= 0.6 is 0 Å². The maximum atomic E-state index is 14.0. The third-order valence-electron chi connectivity index (χ3n) is 11.2. The number of alkyl halides is 2. The third-order valence-corrected chi connectivity index (χ3v) is 11.2. The van der Waals surface area contributed by atoms with Crippen LogP contribution in [-0.2, 0) is 9.59 Å². The first-order valence-corrected chi connectivity index (χ1v) is 21.1. The van der Waals surface area contributed by atoms with Crippen molar-refractivity contribution in [2.45, 2.75) is 95.6 Å². The largest absolute Gasteiger partial charge is 0.444 e. The molecule has 2 aromatic carbocycles. The van der Waals surface area contributed by atoms with Crippen LogP contribution in [0.2, 0.25) is 0 Å². The number of amides is 5. The van der Waals surface area contributed by atoms with Crippen molar-refractivity contribution >= 4 is 52.5 Å². The van der Waals surface area contributed by atoms with E-state index in [1.807, 2.05) is 0 Å². The SMILES string of the molecule is O=C1CCC(N2C(=O)c3cccc(NCCCCCCCCCC(=O)c4ccc(-n5cc(NC(=O)c6coc(-c7ccnc(NC8CC8)c7)n6)c(C(F)F)n5)cc4)c3C2=O)C(=O)N1. The van der Waals surface area contributed by atoms with Gasteiger partial charge in [-0.25, -0.2) is 23.4 Å². The van der Waals surface area contributed by atoms with E-state index in [-0.39, 0.29) is 47.0 Å². The van der Waals surface area contributed by atoms with E-state index in [1.54, 1.807) is 60.8 Å². The van der Waals surface area contributed by atoms with Gasteiger partial charge in [0.2, 0.25) is 17.7 Å². The highest BCUT2D eigenvalue weighted by Gasteiger charge is 2.45. The molecule has 16 nitrogen and oxygen atoms in total. The van der Waals surface area contributed by atoms with Gasteiger partial charge in [0.1, 0.15) is 18.1 Å². The summed E-state index contributed by atoms with van der Waals surface area (Å²) < 4.78 is 34.8. The first kappa shape index (κ1) is 42.6. The molecule has 3 aliphatic rings. The maximum absolute atomic E-state index is 14.0. The number of piperidine rings is 1. The second-order valence-corrected chi connectivity index (χ2v) is 15.8. The number of halogens is 2. The first-order chi connectivity index (χ1) is 30.5. The van der Waals surface area contributed by atoms with Crippen molar-refractivity contribution in [2.24, 2.45) is 0 Å². The van der Waals surface area contributed by atoms with Crippen LogP contribution in [-0.4, -0.2) is 78.6 Å². The van der Waals surface area contributed by atoms with E-state index in [0.29, 0.717) is 47.3 Å². The molecule has 3 aromatic heterocycles. The fourth-order valence-electron chi connectivity index (χ4n) is 7.68. The zero-order valence-electron chi connectivity index (χ0n) is 34.2. The van der Waals surface area contributed by atoms with E-state index >= 15 is 0 Å². The standard InChI is InChI=1S/C45H45F2N9O7/c46-40(47)39-32(51-41(59)33-25-63-43(52-33)27-20-22-49-36(23-27)50-28-14-15-28)24-55(54-39)29-16-12-26(13-17-29)35(57)11-6-4-2-1-3-5-7-21-48-31-10-8-9-30-38(31)45(62)56(44(30)61)34-18-19-37(58)53-42(34)60/h8-10,12-13,16-17,20,22-25,28,34,40,48H,1-7,11,14-15,18-19,21H2,(H,49,50)(H,51,59)(H,53,58,60). The zero-order valence-corrected chi connectivity index (χ0v) is 34.2. The van der Waals surface area contributed by atoms with Gasteiger partial charge >= 0.3 is 0 Å². The number of hydrogen-bond acceptors (Lipinski definition) is 12. The highest BCUT2D eigenvalue weighted by molar-refractivity contribution is 6.25. The second-order valence-electron chi connectivity index (χ2n) is 15.8. The lowest BCUT2D eigenvalue weighted by molar-refractivity contribution is -0.136. The minimum Gasteiger partial charge on any atom is -0.444 e. The number of nitrogens with one attached hydrogen (secondary N) is 4. The van der Waals surface area contributed by atoms with E-state index in [4.69, 9.17) is 4.42 Å². The van der Waals surface area contributed by atoms with Crippen LogP contribution in [0.15, 0.2) is 77.7 Å². The number of carbonyl (C=O) groups is 6. The van der Waals surface area contributed by atoms with Crippen molar-refractivity contribution in [1.82, 2.24) is 30.0 Å². The fourth-order valence-corrected chi connectivity index (χ4v) is 7.68. The van der Waals surface area contributed by atoms with Crippen LogP contribution in [0.4, 0.5) is 26.0 Å². The molecule has 5 amide bonds. The molecule has 4 N–H and O–H groups in total. The minimum absolute atomic E-state index is 0.0312. The molecule has 8 rings (SSSR count). The topological polar surface area (TPSA) is 211 Å². The molecular formula is C45H45F2N9O7. The number of rotatable bonds is 20. The molecule has 2 fully saturated rings. The summed E-state index contributed by atoms with van der Waals surface area (Å²) in [6.07, 6.45) is 10.1. The Kier molecular flexibility index (Phi) is 12.8. The van der Waals surface area contributed by atoms with E-state index < -0.39 is 47.7 Å². The number of oxazole rings is 1. The highest BCUT2D eigenvalue weighted by atomic mass is 19.3. The molecule has 5 heterocycles. The summed E-state index contributed by atoms with van der Waals surface area (Å²) in [5.74, 6) is -2.09. The van der Waals surface area contributed by atoms with Crippen LogP contribution < -0.4 is 21.3 Å². The van der Waals surface area contributed by atoms with Crippen LogP contribution in [0, 0.1) is 0 Å². The molecule has 63 heavy (non-hydrogen) atoms. The molecule has 1 unspecified atom stereocenters. The highest BCUT2D eigenvalue weighted by Crippen LogP contribution is 2.33. The van der Waals surface area contributed by atoms with Crippen molar-refractivity contribution in [3.05, 3.63) is 101 Å². The lowest BCUT2D eigenvalue weighted by Gasteiger charge is -2.27. The minimum atomic E-state index is -2.98. The van der Waals surface area contributed by atoms with Crippen molar-refractivity contribution in [3.63, 3.8) is 0 Å². The molecule has 0 bridgehead atoms. The monoisotopic (exact) mass is 861 g/mol. The van der Waals surface area contributed by atoms with Crippen molar-refractivity contribution in [2.75, 3.05) is 22.5 Å². The Morgan fingerprint density at radius 2 is 1.65 bits per heavy atom. The Balaban J connectivity index is 0.744. The van der Waals surface area contributed by atoms with Gasteiger partial charge in [-0.15, -0.1) is 0 Å². The molecule has 1 saturated carbocycles. The number of ketones is 1. The van der Waals surface area contributed by atoms with Gasteiger partial charge in [-0.3, -0.25) is 39.0 Å². The number of aromatic nitrogens is 4. The number of anilines is 3. The Bertz CT molecular complexity index is 2550. The number of nitrogens with zero attached hydrogens (tertiary/aromatic N) is 5. The van der Waals surface area contributed by atoms with E-state index in [0.717, 1.165) is 69.0 Å². The fraction of sp³-hybridized carbons (Fsp3) is 0.356. The number of imide groups is 2. The van der Waals surface area contributed by atoms with Crippen LogP contribution in [0.1, 0.15) is 131 Å². The number of hydrogen-bond donors (Lipinski definition) is 4. The zero-order chi connectivity index (χ0) is 44.0. The predicted octanol–water partition coefficient (Wildman–Crippen LogP) is 7.50. The normalized spacial score (nSPS) is 16.0. The Labute approximate surface area is 360 Å². The summed E-state index contributed by atoms with van der Waals surface area (Å²) >= 11 is 0. The summed E-state index contributed by atoms with van der Waals surface area (Å²) in [7, 11) is 0. The molecule has 0 radical (unpaired) electrons. The molecule has 1 aliphatic carbocycles. The summed E-state index contributed by atoms with van der Waals surface area (Å²) in [4.78, 5) is 85.8. The van der Waals surface area contributed by atoms with Crippen LogP contribution in [0.5, 0.6) is 0 Å². The van der Waals surface area contributed by atoms with Crippen LogP contribution in [0.25, 0.3) is 17.1 Å². The quantitative estimate of drug-likeness (QED) is 0.0341. The molecule has 18 heteroatoms. The Hall–Kier alpha value is -7.11. The number of carbonyl (C=O) groups excluding carboxylic acids is 6. The summed E-state index contributed by atoms with van der Waals surface area (Å²) in [6, 6.07) is 14.3. The van der Waals surface area contributed by atoms with E-state index in [1.165, 1.54) is 10.9 Å². The van der Waals surface area contributed by atoms with Gasteiger partial charge in [0.05, 0.1) is 28.7 Å². The molecule has 1 atom stereocenters. The molecule has 2 aliphatic heterocycles. The molecule has 1 saturated heterocycles. The molecular weight excluding hydrogens is 817 g/mol. The van der Waals surface area contributed by atoms with Gasteiger partial charge in [0.15, 0.2) is 17.2 Å². The van der Waals surface area contributed by atoms with Crippen molar-refractivity contribution < 1.29 is 42.0 Å². The number of unbranched alkanes of at least 4 members (excludes halogenated alkanes) is 6. The van der Waals surface area contributed by atoms with Gasteiger partial charge in [-0.2, -0.15) is 5.10 Å². The van der Waals surface area contributed by atoms with Gasteiger partial charge in [-0.05, 0) is 80.6 Å². The summed E-state index contributed by atoms with van der Waals surface area (Å²) in [5, 5.41) is 15.2. The number of benzene rings is 2. The maximum Gasteiger partial charge on any atom is 0.284 e. The number of fused-ring (bicyclic) bond motifs is 1. The lowest BCUT2D eigenvalue weighted by atomic mass is 10.0.